The molecule has 0 aromatic carbocycles. The molecule has 0 unspecified atom stereocenters. The second kappa shape index (κ2) is 7.60. The molecule has 0 aromatic rings. The van der Waals surface area contributed by atoms with Crippen molar-refractivity contribution in [3.05, 3.63) is 48.6 Å². The summed E-state index contributed by atoms with van der Waals surface area (Å²) in [6.07, 6.45) is 24.0. The summed E-state index contributed by atoms with van der Waals surface area (Å²) < 4.78 is 0. The monoisotopic (exact) mass is 173 g/mol. The maximum Gasteiger partial charge on any atom is -0.0163 e. The van der Waals surface area contributed by atoms with Crippen molar-refractivity contribution >= 4 is 0 Å². The molecule has 1 aliphatic rings. The van der Waals surface area contributed by atoms with Gasteiger partial charge in [-0.2, -0.15) is 0 Å². The van der Waals surface area contributed by atoms with Gasteiger partial charge in [0.15, 0.2) is 0 Å². The summed E-state index contributed by atoms with van der Waals surface area (Å²) in [4.78, 5) is 0. The first-order valence-electron chi connectivity index (χ1n) is 5.02. The zero-order valence-electron chi connectivity index (χ0n) is 8.08. The first-order valence-corrected chi connectivity index (χ1v) is 5.02. The van der Waals surface area contributed by atoms with Crippen LogP contribution in [0.3, 0.4) is 0 Å². The molecule has 1 rings (SSSR count). The summed E-state index contributed by atoms with van der Waals surface area (Å²) in [5.41, 5.74) is 0. The molecule has 0 fully saturated rings. The summed E-state index contributed by atoms with van der Waals surface area (Å²) in [5, 5.41) is 0. The Labute approximate surface area is 81.4 Å². The summed E-state index contributed by atoms with van der Waals surface area (Å²) in [6, 6.07) is 0. The van der Waals surface area contributed by atoms with Crippen LogP contribution in [0.1, 0.15) is 32.1 Å². The third kappa shape index (κ3) is 6.15. The van der Waals surface area contributed by atoms with Crippen LogP contribution in [0.15, 0.2) is 42.5 Å². The van der Waals surface area contributed by atoms with Crippen molar-refractivity contribution in [1.82, 2.24) is 0 Å². The Balaban J connectivity index is 2.38. The van der Waals surface area contributed by atoms with Crippen molar-refractivity contribution in [2.75, 3.05) is 0 Å². The van der Waals surface area contributed by atoms with Crippen molar-refractivity contribution in [1.29, 1.82) is 0 Å². The Morgan fingerprint density at radius 1 is 0.769 bits per heavy atom. The van der Waals surface area contributed by atoms with Gasteiger partial charge < -0.3 is 0 Å². The highest BCUT2D eigenvalue weighted by Crippen LogP contribution is 1.99. The molecule has 69 valence electrons. The van der Waals surface area contributed by atoms with Gasteiger partial charge in [0.25, 0.3) is 0 Å². The van der Waals surface area contributed by atoms with Crippen molar-refractivity contribution in [2.45, 2.75) is 32.1 Å². The van der Waals surface area contributed by atoms with Crippen molar-refractivity contribution in [3.8, 4) is 0 Å². The molecule has 0 heterocycles. The third-order valence-electron chi connectivity index (χ3n) is 1.90. The summed E-state index contributed by atoms with van der Waals surface area (Å²) in [7, 11) is 0. The van der Waals surface area contributed by atoms with Crippen molar-refractivity contribution < 1.29 is 0 Å². The number of allylic oxidation sites excluding steroid dienone is 8. The van der Waals surface area contributed by atoms with Gasteiger partial charge in [-0.25, -0.2) is 0 Å². The Morgan fingerprint density at radius 3 is 2.46 bits per heavy atom. The van der Waals surface area contributed by atoms with Gasteiger partial charge in [0.2, 0.25) is 0 Å². The fourth-order valence-corrected chi connectivity index (χ4v) is 1.18. The van der Waals surface area contributed by atoms with E-state index in [-0.39, 0.29) is 0 Å². The van der Waals surface area contributed by atoms with E-state index in [0.717, 1.165) is 32.1 Å². The Hall–Kier alpha value is -1.04. The Kier molecular flexibility index (Phi) is 5.87. The van der Waals surface area contributed by atoms with Crippen LogP contribution in [0.2, 0.25) is 0 Å². The lowest BCUT2D eigenvalue weighted by Crippen LogP contribution is -1.65. The lowest BCUT2D eigenvalue weighted by atomic mass is 10.2. The molecule has 0 N–H and O–H groups in total. The zero-order valence-corrected chi connectivity index (χ0v) is 8.08. The van der Waals surface area contributed by atoms with Gasteiger partial charge in [0.1, 0.15) is 0 Å². The lowest BCUT2D eigenvalue weighted by molar-refractivity contribution is 1.02. The summed E-state index contributed by atoms with van der Waals surface area (Å²) in [5.74, 6) is 0. The predicted octanol–water partition coefficient (Wildman–Crippen LogP) is 3.98. The topological polar surface area (TPSA) is 0 Å². The van der Waals surface area contributed by atoms with Gasteiger partial charge in [-0.15, -0.1) is 0 Å². The van der Waals surface area contributed by atoms with Gasteiger partial charge in [0, 0.05) is 0 Å². The van der Waals surface area contributed by atoms with E-state index >= 15 is 0 Å². The van der Waals surface area contributed by atoms with E-state index in [0.29, 0.717) is 0 Å². The highest BCUT2D eigenvalue weighted by Gasteiger charge is 1.79. The molecule has 0 amide bonds. The molecule has 0 atom stereocenters. The van der Waals surface area contributed by atoms with Crippen LogP contribution < -0.4 is 0 Å². The smallest absolute Gasteiger partial charge is 0.0163 e. The molecule has 0 nitrogen and oxygen atoms in total. The van der Waals surface area contributed by atoms with E-state index in [1.54, 1.807) is 0 Å². The lowest BCUT2D eigenvalue weighted by Gasteiger charge is -1.85. The van der Waals surface area contributed by atoms with Crippen LogP contribution >= 0.6 is 0 Å². The minimum Gasteiger partial charge on any atom is -0.0879 e. The second-order valence-electron chi connectivity index (χ2n) is 3.09. The highest BCUT2D eigenvalue weighted by molar-refractivity contribution is 5.03. The first-order chi connectivity index (χ1) is 6.50. The highest BCUT2D eigenvalue weighted by atomic mass is 13.9. The first kappa shape index (κ1) is 10.0. The average molecular weight is 173 g/mol. The van der Waals surface area contributed by atoms with Gasteiger partial charge in [-0.05, 0) is 38.2 Å². The minimum atomic E-state index is 1.04. The normalized spacial score (nSPS) is 19.1. The fourth-order valence-electron chi connectivity index (χ4n) is 1.18. The largest absolute Gasteiger partial charge is 0.0879 e. The van der Waals surface area contributed by atoms with Crippen molar-refractivity contribution in [2.24, 2.45) is 0 Å². The van der Waals surface area contributed by atoms with E-state index in [1.165, 1.54) is 0 Å². The third-order valence-corrected chi connectivity index (χ3v) is 1.90. The van der Waals surface area contributed by atoms with Gasteiger partial charge in [-0.1, -0.05) is 42.5 Å². The number of hydrogen-bond acceptors (Lipinski definition) is 0. The summed E-state index contributed by atoms with van der Waals surface area (Å²) >= 11 is 0. The maximum absolute atomic E-state index is 3.27. The van der Waals surface area contributed by atoms with Crippen LogP contribution in [0.5, 0.6) is 0 Å². The van der Waals surface area contributed by atoms with Gasteiger partial charge in [0.05, 0.1) is 0 Å². The SMILES string of the molecule is [C]1=CCC=CCCC=CC=CCC1. The van der Waals surface area contributed by atoms with E-state index in [1.807, 2.05) is 0 Å². The zero-order chi connectivity index (χ0) is 9.19. The molecule has 0 heteroatoms. The molecule has 1 aliphatic carbocycles. The molecule has 13 heavy (non-hydrogen) atoms. The molecule has 0 bridgehead atoms. The van der Waals surface area contributed by atoms with E-state index in [9.17, 15) is 0 Å². The van der Waals surface area contributed by atoms with E-state index in [4.69, 9.17) is 0 Å². The Bertz CT molecular complexity index is 192. The summed E-state index contributed by atoms with van der Waals surface area (Å²) in [6.45, 7) is 0. The van der Waals surface area contributed by atoms with Crippen LogP contribution in [-0.2, 0) is 0 Å². The van der Waals surface area contributed by atoms with E-state index < -0.39 is 0 Å². The molecular formula is C13H17. The van der Waals surface area contributed by atoms with Crippen LogP contribution in [0, 0.1) is 6.08 Å². The molecule has 1 radical (unpaired) electrons. The van der Waals surface area contributed by atoms with Gasteiger partial charge >= 0.3 is 0 Å². The van der Waals surface area contributed by atoms with Crippen LogP contribution in [0.25, 0.3) is 0 Å². The number of hydrogen-bond donors (Lipinski definition) is 0. The fraction of sp³-hybridized carbons (Fsp3) is 0.385. The van der Waals surface area contributed by atoms with Crippen LogP contribution in [0.4, 0.5) is 0 Å². The van der Waals surface area contributed by atoms with E-state index in [2.05, 4.69) is 48.6 Å². The number of rotatable bonds is 0. The standard InChI is InChI=1S/C13H17/c1-2-4-6-8-10-12-13-11-9-7-5-3-1/h1-4,9,11-12H,5-8,13H2. The Morgan fingerprint density at radius 2 is 1.54 bits per heavy atom. The molecule has 0 saturated heterocycles. The predicted molar refractivity (Wildman–Crippen MR) is 58.3 cm³/mol. The molecule has 0 spiro atoms. The van der Waals surface area contributed by atoms with Crippen LogP contribution in [-0.4, -0.2) is 0 Å². The minimum absolute atomic E-state index is 1.04. The molecule has 0 aliphatic heterocycles. The quantitative estimate of drug-likeness (QED) is 0.486. The molecule has 0 saturated carbocycles. The van der Waals surface area contributed by atoms with Gasteiger partial charge in [-0.3, -0.25) is 0 Å². The average Bonchev–Trinajstić information content (AvgIpc) is 2.18. The molecular weight excluding hydrogens is 156 g/mol. The van der Waals surface area contributed by atoms with Crippen molar-refractivity contribution in [3.63, 3.8) is 0 Å². The second-order valence-corrected chi connectivity index (χ2v) is 3.09. The molecule has 0 aromatic heterocycles. The maximum atomic E-state index is 3.27.